The van der Waals surface area contributed by atoms with Crippen LogP contribution in [-0.4, -0.2) is 6.54 Å². The van der Waals surface area contributed by atoms with Crippen LogP contribution in [0.25, 0.3) is 6.08 Å². The summed E-state index contributed by atoms with van der Waals surface area (Å²) in [4.78, 5) is 1.32. The largest absolute Gasteiger partial charge is 0.387 e. The van der Waals surface area contributed by atoms with E-state index in [1.165, 1.54) is 27.2 Å². The van der Waals surface area contributed by atoms with Gasteiger partial charge in [0.25, 0.3) is 0 Å². The van der Waals surface area contributed by atoms with Gasteiger partial charge in [-0.05, 0) is 54.1 Å². The Morgan fingerprint density at radius 1 is 1.05 bits per heavy atom. The van der Waals surface area contributed by atoms with Gasteiger partial charge in [0, 0.05) is 17.2 Å². The smallest absolute Gasteiger partial charge is 0.0396 e. The lowest BCUT2D eigenvalue weighted by atomic mass is 10.1. The molecule has 1 aliphatic heterocycles. The standard InChI is InChI=1S/C19H19NS/c1-15-2-4-17(5-3-15)14-21-19-8-6-16(7-9-19)12-18-10-11-20-13-18/h2-12,20H,13-14H2,1H3/b18-12+. The lowest BCUT2D eigenvalue weighted by molar-refractivity contribution is 1.01. The van der Waals surface area contributed by atoms with Crippen LogP contribution in [0.4, 0.5) is 0 Å². The zero-order chi connectivity index (χ0) is 14.5. The van der Waals surface area contributed by atoms with Crippen LogP contribution in [0.3, 0.4) is 0 Å². The molecule has 0 bridgehead atoms. The molecular weight excluding hydrogens is 274 g/mol. The molecular formula is C19H19NS. The van der Waals surface area contributed by atoms with Gasteiger partial charge in [0.05, 0.1) is 0 Å². The minimum atomic E-state index is 0.934. The van der Waals surface area contributed by atoms with Crippen LogP contribution in [0.2, 0.25) is 0 Å². The van der Waals surface area contributed by atoms with Crippen molar-refractivity contribution >= 4 is 17.8 Å². The molecule has 0 aromatic heterocycles. The van der Waals surface area contributed by atoms with Crippen LogP contribution < -0.4 is 5.32 Å². The van der Waals surface area contributed by atoms with Gasteiger partial charge in [0.1, 0.15) is 0 Å². The monoisotopic (exact) mass is 293 g/mol. The molecule has 3 rings (SSSR count). The van der Waals surface area contributed by atoms with E-state index in [9.17, 15) is 0 Å². The van der Waals surface area contributed by atoms with Gasteiger partial charge in [-0.15, -0.1) is 11.8 Å². The molecule has 0 radical (unpaired) electrons. The first-order valence-electron chi connectivity index (χ1n) is 7.18. The number of hydrogen-bond donors (Lipinski definition) is 1. The first kappa shape index (κ1) is 14.0. The summed E-state index contributed by atoms with van der Waals surface area (Å²) in [7, 11) is 0. The van der Waals surface area contributed by atoms with Crippen molar-refractivity contribution in [2.75, 3.05) is 6.54 Å². The van der Waals surface area contributed by atoms with Gasteiger partial charge in [-0.25, -0.2) is 0 Å². The Hall–Kier alpha value is -1.93. The quantitative estimate of drug-likeness (QED) is 0.814. The lowest BCUT2D eigenvalue weighted by Gasteiger charge is -2.04. The summed E-state index contributed by atoms with van der Waals surface area (Å²) in [5.74, 6) is 1.02. The highest BCUT2D eigenvalue weighted by Gasteiger charge is 2.00. The Morgan fingerprint density at radius 2 is 1.81 bits per heavy atom. The molecule has 0 fully saturated rings. The predicted octanol–water partition coefficient (Wildman–Crippen LogP) is 4.79. The second-order valence-corrected chi connectivity index (χ2v) is 6.33. The molecule has 0 atom stereocenters. The molecule has 2 aromatic carbocycles. The van der Waals surface area contributed by atoms with Crippen molar-refractivity contribution in [3.05, 3.63) is 83.1 Å². The van der Waals surface area contributed by atoms with Crippen molar-refractivity contribution in [1.29, 1.82) is 0 Å². The molecule has 106 valence electrons. The molecule has 1 aliphatic rings. The number of nitrogens with one attached hydrogen (secondary N) is 1. The van der Waals surface area contributed by atoms with E-state index in [0.717, 1.165) is 12.3 Å². The lowest BCUT2D eigenvalue weighted by Crippen LogP contribution is -1.99. The van der Waals surface area contributed by atoms with E-state index in [2.05, 4.69) is 72.9 Å². The van der Waals surface area contributed by atoms with Crippen molar-refractivity contribution < 1.29 is 0 Å². The maximum atomic E-state index is 3.19. The summed E-state index contributed by atoms with van der Waals surface area (Å²) < 4.78 is 0. The third-order valence-corrected chi connectivity index (χ3v) is 4.56. The highest BCUT2D eigenvalue weighted by molar-refractivity contribution is 7.98. The van der Waals surface area contributed by atoms with E-state index in [1.807, 2.05) is 18.0 Å². The van der Waals surface area contributed by atoms with E-state index in [4.69, 9.17) is 0 Å². The van der Waals surface area contributed by atoms with Crippen molar-refractivity contribution in [1.82, 2.24) is 5.32 Å². The van der Waals surface area contributed by atoms with Gasteiger partial charge in [-0.3, -0.25) is 0 Å². The minimum Gasteiger partial charge on any atom is -0.387 e. The third kappa shape index (κ3) is 4.02. The molecule has 0 amide bonds. The number of rotatable bonds is 4. The van der Waals surface area contributed by atoms with Crippen LogP contribution in [0.5, 0.6) is 0 Å². The van der Waals surface area contributed by atoms with E-state index < -0.39 is 0 Å². The predicted molar refractivity (Wildman–Crippen MR) is 92.3 cm³/mol. The number of benzene rings is 2. The summed E-state index contributed by atoms with van der Waals surface area (Å²) in [6.07, 6.45) is 6.35. The topological polar surface area (TPSA) is 12.0 Å². The van der Waals surface area contributed by atoms with Crippen LogP contribution in [-0.2, 0) is 5.75 Å². The van der Waals surface area contributed by atoms with Crippen molar-refractivity contribution in [2.24, 2.45) is 0 Å². The first-order chi connectivity index (χ1) is 10.3. The average Bonchev–Trinajstić information content (AvgIpc) is 3.01. The van der Waals surface area contributed by atoms with Gasteiger partial charge in [0.2, 0.25) is 0 Å². The maximum absolute atomic E-state index is 3.19. The summed E-state index contributed by atoms with van der Waals surface area (Å²) >= 11 is 1.88. The fourth-order valence-corrected chi connectivity index (χ4v) is 3.08. The fourth-order valence-electron chi connectivity index (χ4n) is 2.23. The van der Waals surface area contributed by atoms with Gasteiger partial charge in [-0.1, -0.05) is 42.0 Å². The molecule has 1 N–H and O–H groups in total. The van der Waals surface area contributed by atoms with Gasteiger partial charge < -0.3 is 5.32 Å². The zero-order valence-electron chi connectivity index (χ0n) is 12.2. The molecule has 2 aromatic rings. The van der Waals surface area contributed by atoms with Gasteiger partial charge in [0.15, 0.2) is 0 Å². The maximum Gasteiger partial charge on any atom is 0.0396 e. The molecule has 1 heterocycles. The van der Waals surface area contributed by atoms with Gasteiger partial charge >= 0.3 is 0 Å². The van der Waals surface area contributed by atoms with Crippen LogP contribution in [0.15, 0.2) is 71.3 Å². The number of hydrogen-bond acceptors (Lipinski definition) is 2. The van der Waals surface area contributed by atoms with Crippen LogP contribution >= 0.6 is 11.8 Å². The second-order valence-electron chi connectivity index (χ2n) is 5.28. The van der Waals surface area contributed by atoms with Crippen molar-refractivity contribution in [3.8, 4) is 0 Å². The zero-order valence-corrected chi connectivity index (χ0v) is 13.0. The normalized spacial score (nSPS) is 15.4. The Kier molecular flexibility index (Phi) is 4.46. The molecule has 0 aliphatic carbocycles. The summed E-state index contributed by atoms with van der Waals surface area (Å²) in [6.45, 7) is 3.06. The molecule has 2 heteroatoms. The molecule has 0 saturated carbocycles. The summed E-state index contributed by atoms with van der Waals surface area (Å²) in [6, 6.07) is 17.6. The number of thioether (sulfide) groups is 1. The Bertz CT molecular complexity index is 651. The molecule has 0 unspecified atom stereocenters. The molecule has 0 spiro atoms. The number of aryl methyl sites for hydroxylation is 1. The second kappa shape index (κ2) is 6.68. The molecule has 1 nitrogen and oxygen atoms in total. The van der Waals surface area contributed by atoms with Gasteiger partial charge in [-0.2, -0.15) is 0 Å². The first-order valence-corrected chi connectivity index (χ1v) is 8.17. The van der Waals surface area contributed by atoms with E-state index in [-0.39, 0.29) is 0 Å². The SMILES string of the molecule is Cc1ccc(CSc2ccc(/C=C3\C=CNC3)cc2)cc1. The Balaban J connectivity index is 1.60. The van der Waals surface area contributed by atoms with E-state index in [0.29, 0.717) is 0 Å². The highest BCUT2D eigenvalue weighted by atomic mass is 32.2. The summed E-state index contributed by atoms with van der Waals surface area (Å²) in [5.41, 5.74) is 5.28. The Labute approximate surface area is 130 Å². The minimum absolute atomic E-state index is 0.934. The highest BCUT2D eigenvalue weighted by Crippen LogP contribution is 2.24. The van der Waals surface area contributed by atoms with Crippen molar-refractivity contribution in [2.45, 2.75) is 17.6 Å². The average molecular weight is 293 g/mol. The summed E-state index contributed by atoms with van der Waals surface area (Å²) in [5, 5.41) is 3.19. The van der Waals surface area contributed by atoms with Crippen molar-refractivity contribution in [3.63, 3.8) is 0 Å². The van der Waals surface area contributed by atoms with Crippen LogP contribution in [0.1, 0.15) is 16.7 Å². The molecule has 21 heavy (non-hydrogen) atoms. The third-order valence-electron chi connectivity index (χ3n) is 3.48. The Morgan fingerprint density at radius 3 is 2.48 bits per heavy atom. The molecule has 0 saturated heterocycles. The van der Waals surface area contributed by atoms with Crippen LogP contribution in [0, 0.1) is 6.92 Å². The van der Waals surface area contributed by atoms with E-state index in [1.54, 1.807) is 0 Å². The van der Waals surface area contributed by atoms with E-state index >= 15 is 0 Å². The fraction of sp³-hybridized carbons (Fsp3) is 0.158.